The highest BCUT2D eigenvalue weighted by molar-refractivity contribution is 6.46. The highest BCUT2D eigenvalue weighted by Gasteiger charge is 2.41. The number of carbonyl (C=O) groups is 2. The maximum absolute atomic E-state index is 14.6. The molecule has 2 amide bonds. The summed E-state index contributed by atoms with van der Waals surface area (Å²) in [6.07, 6.45) is 0. The van der Waals surface area contributed by atoms with E-state index in [1.807, 2.05) is 6.92 Å². The lowest BCUT2D eigenvalue weighted by Gasteiger charge is -2.16. The van der Waals surface area contributed by atoms with E-state index in [4.69, 9.17) is 21.1 Å². The quantitative estimate of drug-likeness (QED) is 0.506. The molecule has 1 aliphatic rings. The van der Waals surface area contributed by atoms with E-state index in [1.165, 1.54) is 32.4 Å². The number of anilines is 2. The number of rotatable bonds is 6. The molecule has 4 rings (SSSR count). The molecule has 0 bridgehead atoms. The van der Waals surface area contributed by atoms with Crippen LogP contribution < -0.4 is 19.7 Å². The largest absolute Gasteiger partial charge is 0.493 e. The maximum atomic E-state index is 14.6. The molecule has 6 nitrogen and oxygen atoms in total. The third-order valence-corrected chi connectivity index (χ3v) is 5.54. The maximum Gasteiger partial charge on any atom is 0.282 e. The monoisotopic (exact) mass is 466 g/mol. The lowest BCUT2D eigenvalue weighted by molar-refractivity contribution is -0.120. The zero-order chi connectivity index (χ0) is 23.7. The molecular formula is C25H20ClFN2O4. The number of benzene rings is 3. The fraction of sp³-hybridized carbons (Fsp3) is 0.120. The van der Waals surface area contributed by atoms with E-state index in [9.17, 15) is 14.0 Å². The van der Waals surface area contributed by atoms with Crippen LogP contribution in [0.25, 0.3) is 5.57 Å². The van der Waals surface area contributed by atoms with Crippen LogP contribution in [0, 0.1) is 12.7 Å². The Balaban J connectivity index is 1.90. The van der Waals surface area contributed by atoms with E-state index in [-0.39, 0.29) is 17.0 Å². The molecule has 1 heterocycles. The first-order valence-corrected chi connectivity index (χ1v) is 10.4. The fourth-order valence-electron chi connectivity index (χ4n) is 3.62. The number of ether oxygens (including phenoxy) is 2. The van der Waals surface area contributed by atoms with Crippen LogP contribution in [-0.4, -0.2) is 26.0 Å². The number of halogens is 2. The second kappa shape index (κ2) is 8.96. The van der Waals surface area contributed by atoms with Gasteiger partial charge in [0.1, 0.15) is 11.5 Å². The Bertz CT molecular complexity index is 1310. The Morgan fingerprint density at radius 1 is 0.909 bits per heavy atom. The van der Waals surface area contributed by atoms with Gasteiger partial charge in [0.25, 0.3) is 11.8 Å². The topological polar surface area (TPSA) is 67.9 Å². The Labute approximate surface area is 195 Å². The molecule has 0 atom stereocenters. The number of hydrogen-bond acceptors (Lipinski definition) is 5. The zero-order valence-electron chi connectivity index (χ0n) is 18.1. The van der Waals surface area contributed by atoms with Crippen molar-refractivity contribution in [3.05, 3.63) is 88.3 Å². The van der Waals surface area contributed by atoms with E-state index in [2.05, 4.69) is 5.32 Å². The van der Waals surface area contributed by atoms with Gasteiger partial charge < -0.3 is 14.8 Å². The van der Waals surface area contributed by atoms with Crippen LogP contribution >= 0.6 is 11.6 Å². The predicted octanol–water partition coefficient (Wildman–Crippen LogP) is 5.20. The van der Waals surface area contributed by atoms with Crippen molar-refractivity contribution in [2.24, 2.45) is 0 Å². The Morgan fingerprint density at radius 2 is 1.64 bits per heavy atom. The lowest BCUT2D eigenvalue weighted by atomic mass is 10.0. The summed E-state index contributed by atoms with van der Waals surface area (Å²) in [6, 6.07) is 15.6. The molecule has 0 saturated carbocycles. The van der Waals surface area contributed by atoms with Crippen LogP contribution in [0.3, 0.4) is 0 Å². The predicted molar refractivity (Wildman–Crippen MR) is 125 cm³/mol. The molecule has 168 valence electrons. The molecule has 0 aromatic heterocycles. The van der Waals surface area contributed by atoms with Crippen molar-refractivity contribution < 1.29 is 23.5 Å². The van der Waals surface area contributed by atoms with Crippen LogP contribution in [0.1, 0.15) is 11.1 Å². The molecule has 3 aromatic carbocycles. The Morgan fingerprint density at radius 3 is 2.33 bits per heavy atom. The summed E-state index contributed by atoms with van der Waals surface area (Å²) < 4.78 is 25.2. The minimum Gasteiger partial charge on any atom is -0.493 e. The summed E-state index contributed by atoms with van der Waals surface area (Å²) in [5, 5.41) is 3.51. The van der Waals surface area contributed by atoms with Gasteiger partial charge in [-0.15, -0.1) is 0 Å². The van der Waals surface area contributed by atoms with Crippen LogP contribution in [0.4, 0.5) is 15.8 Å². The molecule has 3 aromatic rings. The number of methoxy groups -OCH3 is 2. The third-order valence-electron chi connectivity index (χ3n) is 5.31. The molecule has 0 spiro atoms. The van der Waals surface area contributed by atoms with Crippen LogP contribution in [0.5, 0.6) is 11.5 Å². The number of aryl methyl sites for hydroxylation is 1. The van der Waals surface area contributed by atoms with Crippen molar-refractivity contribution in [2.45, 2.75) is 6.92 Å². The SMILES string of the molecule is COc1ccc(C2=C(Nc3cc(Cl)ccc3C)C(=O)N(c3ccccc3F)C2=O)cc1OC. The first-order chi connectivity index (χ1) is 15.8. The molecule has 1 N–H and O–H groups in total. The van der Waals surface area contributed by atoms with Crippen molar-refractivity contribution in [1.29, 1.82) is 0 Å². The summed E-state index contributed by atoms with van der Waals surface area (Å²) in [5.74, 6) is -1.20. The molecule has 33 heavy (non-hydrogen) atoms. The van der Waals surface area contributed by atoms with Crippen LogP contribution in [0.2, 0.25) is 5.02 Å². The van der Waals surface area contributed by atoms with Gasteiger partial charge in [0.2, 0.25) is 0 Å². The van der Waals surface area contributed by atoms with Gasteiger partial charge in [0, 0.05) is 10.7 Å². The molecular weight excluding hydrogens is 447 g/mol. The van der Waals surface area contributed by atoms with Crippen molar-refractivity contribution >= 4 is 40.4 Å². The average Bonchev–Trinajstić information content (AvgIpc) is 3.05. The molecule has 0 unspecified atom stereocenters. The molecule has 0 aliphatic carbocycles. The fourth-order valence-corrected chi connectivity index (χ4v) is 3.79. The third kappa shape index (κ3) is 4.03. The molecule has 8 heteroatoms. The normalized spacial score (nSPS) is 13.5. The molecule has 0 fully saturated rings. The number of carbonyl (C=O) groups excluding carboxylic acids is 2. The number of para-hydroxylation sites is 1. The van der Waals surface area contributed by atoms with Crippen molar-refractivity contribution in [1.82, 2.24) is 0 Å². The van der Waals surface area contributed by atoms with Crippen molar-refractivity contribution in [2.75, 3.05) is 24.4 Å². The van der Waals surface area contributed by atoms with Gasteiger partial charge in [-0.25, -0.2) is 9.29 Å². The molecule has 0 radical (unpaired) electrons. The van der Waals surface area contributed by atoms with E-state index >= 15 is 0 Å². The number of nitrogens with zero attached hydrogens (tertiary/aromatic N) is 1. The van der Waals surface area contributed by atoms with Crippen LogP contribution in [0.15, 0.2) is 66.4 Å². The molecule has 1 aliphatic heterocycles. The van der Waals surface area contributed by atoms with Crippen LogP contribution in [-0.2, 0) is 9.59 Å². The van der Waals surface area contributed by atoms with Gasteiger partial charge >= 0.3 is 0 Å². The second-order valence-electron chi connectivity index (χ2n) is 7.30. The van der Waals surface area contributed by atoms with Gasteiger partial charge in [-0.3, -0.25) is 9.59 Å². The van der Waals surface area contributed by atoms with Gasteiger partial charge in [0.05, 0.1) is 25.5 Å². The van der Waals surface area contributed by atoms with E-state index in [0.717, 1.165) is 10.5 Å². The summed E-state index contributed by atoms with van der Waals surface area (Å²) in [4.78, 5) is 27.8. The summed E-state index contributed by atoms with van der Waals surface area (Å²) in [6.45, 7) is 1.84. The van der Waals surface area contributed by atoms with Gasteiger partial charge in [0.15, 0.2) is 11.5 Å². The van der Waals surface area contributed by atoms with Gasteiger partial charge in [-0.2, -0.15) is 0 Å². The first-order valence-electron chi connectivity index (χ1n) is 9.99. The average molecular weight is 467 g/mol. The highest BCUT2D eigenvalue weighted by atomic mass is 35.5. The second-order valence-corrected chi connectivity index (χ2v) is 7.74. The van der Waals surface area contributed by atoms with Crippen molar-refractivity contribution in [3.63, 3.8) is 0 Å². The summed E-state index contributed by atoms with van der Waals surface area (Å²) in [5.41, 5.74) is 1.71. The first kappa shape index (κ1) is 22.4. The minimum atomic E-state index is -0.689. The molecule has 0 saturated heterocycles. The minimum absolute atomic E-state index is 0.000777. The standard InChI is InChI=1S/C25H20ClFN2O4/c1-14-8-10-16(26)13-18(14)28-23-22(15-9-11-20(32-2)21(12-15)33-3)24(30)29(25(23)31)19-7-5-4-6-17(19)27/h4-13,28H,1-3H3. The number of imide groups is 1. The zero-order valence-corrected chi connectivity index (χ0v) is 18.9. The van der Waals surface area contributed by atoms with E-state index in [0.29, 0.717) is 27.8 Å². The highest BCUT2D eigenvalue weighted by Crippen LogP contribution is 2.38. The number of hydrogen-bond donors (Lipinski definition) is 1. The Kier molecular flexibility index (Phi) is 6.07. The van der Waals surface area contributed by atoms with E-state index < -0.39 is 17.6 Å². The smallest absolute Gasteiger partial charge is 0.282 e. The van der Waals surface area contributed by atoms with Gasteiger partial charge in [-0.05, 0) is 54.4 Å². The lowest BCUT2D eigenvalue weighted by Crippen LogP contribution is -2.33. The number of nitrogens with one attached hydrogen (secondary N) is 1. The van der Waals surface area contributed by atoms with Crippen molar-refractivity contribution in [3.8, 4) is 11.5 Å². The number of amides is 2. The summed E-state index contributed by atoms with van der Waals surface area (Å²) in [7, 11) is 2.97. The summed E-state index contributed by atoms with van der Waals surface area (Å²) >= 11 is 6.14. The Hall–Kier alpha value is -3.84. The van der Waals surface area contributed by atoms with Gasteiger partial charge in [-0.1, -0.05) is 35.9 Å². The van der Waals surface area contributed by atoms with E-state index in [1.54, 1.807) is 42.5 Å².